The number of para-hydroxylation sites is 1. The number of anilines is 1. The van der Waals surface area contributed by atoms with Gasteiger partial charge in [-0.3, -0.25) is 4.79 Å². The van der Waals surface area contributed by atoms with Crippen LogP contribution in [0.25, 0.3) is 0 Å². The summed E-state index contributed by atoms with van der Waals surface area (Å²) in [5.74, 6) is 0.835. The lowest BCUT2D eigenvalue weighted by molar-refractivity contribution is -0.118. The summed E-state index contributed by atoms with van der Waals surface area (Å²) in [6, 6.07) is 8.41. The van der Waals surface area contributed by atoms with Gasteiger partial charge in [0.2, 0.25) is 5.91 Å². The highest BCUT2D eigenvalue weighted by atomic mass is 16.2. The first-order valence-electron chi connectivity index (χ1n) is 7.89. The topological polar surface area (TPSA) is 46.3 Å². The van der Waals surface area contributed by atoms with E-state index in [1.54, 1.807) is 0 Å². The van der Waals surface area contributed by atoms with Crippen LogP contribution in [0.3, 0.4) is 0 Å². The first-order valence-corrected chi connectivity index (χ1v) is 7.89. The van der Waals surface area contributed by atoms with Gasteiger partial charge in [-0.1, -0.05) is 31.0 Å². The number of hydrogen-bond acceptors (Lipinski definition) is 2. The second-order valence-electron chi connectivity index (χ2n) is 6.20. The first kappa shape index (κ1) is 13.6. The van der Waals surface area contributed by atoms with Gasteiger partial charge in [0, 0.05) is 24.7 Å². The molecule has 2 N–H and O–H groups in total. The molecule has 0 bridgehead atoms. The Morgan fingerprint density at radius 2 is 1.90 bits per heavy atom. The van der Waals surface area contributed by atoms with Crippen molar-refractivity contribution in [2.45, 2.75) is 51.0 Å². The molecule has 3 heteroatoms. The van der Waals surface area contributed by atoms with E-state index < -0.39 is 0 Å². The van der Waals surface area contributed by atoms with E-state index in [1.165, 1.54) is 31.2 Å². The number of benzene rings is 1. The van der Waals surface area contributed by atoms with Crippen molar-refractivity contribution in [2.24, 2.45) is 11.7 Å². The highest BCUT2D eigenvalue weighted by molar-refractivity contribution is 5.94. The Bertz CT molecular complexity index is 480. The second-order valence-corrected chi connectivity index (χ2v) is 6.20. The van der Waals surface area contributed by atoms with Gasteiger partial charge >= 0.3 is 0 Å². The molecular weight excluding hydrogens is 248 g/mol. The van der Waals surface area contributed by atoms with Crippen LogP contribution in [-0.4, -0.2) is 18.5 Å². The summed E-state index contributed by atoms with van der Waals surface area (Å²) in [4.78, 5) is 14.3. The van der Waals surface area contributed by atoms with Gasteiger partial charge in [-0.25, -0.2) is 0 Å². The Kier molecular flexibility index (Phi) is 4.06. The number of rotatable bonds is 3. The molecule has 1 heterocycles. The molecular formula is C17H24N2O. The minimum absolute atomic E-state index is 0.118. The van der Waals surface area contributed by atoms with E-state index in [1.807, 2.05) is 11.0 Å². The molecule has 1 aromatic carbocycles. The van der Waals surface area contributed by atoms with Gasteiger partial charge in [-0.2, -0.15) is 0 Å². The average molecular weight is 272 g/mol. The third kappa shape index (κ3) is 2.73. The molecule has 1 fully saturated rings. The molecule has 0 spiro atoms. The maximum Gasteiger partial charge on any atom is 0.227 e. The van der Waals surface area contributed by atoms with Crippen LogP contribution in [0.15, 0.2) is 24.3 Å². The molecule has 1 aliphatic carbocycles. The van der Waals surface area contributed by atoms with Crippen molar-refractivity contribution in [1.29, 1.82) is 0 Å². The van der Waals surface area contributed by atoms with E-state index in [0.717, 1.165) is 18.5 Å². The van der Waals surface area contributed by atoms with Gasteiger partial charge in [-0.05, 0) is 43.2 Å². The maximum absolute atomic E-state index is 12.4. The first-order chi connectivity index (χ1) is 9.75. The zero-order valence-electron chi connectivity index (χ0n) is 12.1. The summed E-state index contributed by atoms with van der Waals surface area (Å²) in [6.45, 7) is 0.681. The lowest BCUT2D eigenvalue weighted by Gasteiger charge is -2.29. The quantitative estimate of drug-likeness (QED) is 0.919. The number of fused-ring (bicyclic) bond motifs is 1. The molecule has 3 nitrogen and oxygen atoms in total. The van der Waals surface area contributed by atoms with Crippen LogP contribution in [0.4, 0.5) is 5.69 Å². The fourth-order valence-corrected chi connectivity index (χ4v) is 3.63. The Hall–Kier alpha value is -1.35. The minimum atomic E-state index is 0.118. The van der Waals surface area contributed by atoms with E-state index >= 15 is 0 Å². The Morgan fingerprint density at radius 3 is 2.70 bits per heavy atom. The van der Waals surface area contributed by atoms with E-state index in [9.17, 15) is 4.79 Å². The SMILES string of the molecule is NC(CN1C(=O)CCCc2ccccc21)C1CCCC1. The van der Waals surface area contributed by atoms with Crippen LogP contribution < -0.4 is 10.6 Å². The molecule has 1 aromatic rings. The van der Waals surface area contributed by atoms with Gasteiger partial charge in [0.05, 0.1) is 0 Å². The summed E-state index contributed by atoms with van der Waals surface area (Å²) in [7, 11) is 0. The van der Waals surface area contributed by atoms with E-state index in [-0.39, 0.29) is 11.9 Å². The zero-order chi connectivity index (χ0) is 13.9. The summed E-state index contributed by atoms with van der Waals surface area (Å²) >= 11 is 0. The maximum atomic E-state index is 12.4. The van der Waals surface area contributed by atoms with Gasteiger partial charge in [0.1, 0.15) is 0 Å². The lowest BCUT2D eigenvalue weighted by Crippen LogP contribution is -2.44. The van der Waals surface area contributed by atoms with Gasteiger partial charge in [0.15, 0.2) is 0 Å². The van der Waals surface area contributed by atoms with Crippen LogP contribution >= 0.6 is 0 Å². The highest BCUT2D eigenvalue weighted by Crippen LogP contribution is 2.30. The number of carbonyl (C=O) groups is 1. The monoisotopic (exact) mass is 272 g/mol. The predicted molar refractivity (Wildman–Crippen MR) is 81.7 cm³/mol. The summed E-state index contributed by atoms with van der Waals surface area (Å²) in [5, 5.41) is 0. The fourth-order valence-electron chi connectivity index (χ4n) is 3.63. The van der Waals surface area contributed by atoms with Crippen LogP contribution in [0.5, 0.6) is 0 Å². The van der Waals surface area contributed by atoms with E-state index in [2.05, 4.69) is 18.2 Å². The number of amides is 1. The van der Waals surface area contributed by atoms with E-state index in [0.29, 0.717) is 18.9 Å². The number of nitrogens with two attached hydrogens (primary N) is 1. The van der Waals surface area contributed by atoms with Crippen molar-refractivity contribution < 1.29 is 4.79 Å². The molecule has 1 amide bonds. The number of aryl methyl sites for hydroxylation is 1. The summed E-state index contributed by atoms with van der Waals surface area (Å²) < 4.78 is 0. The molecule has 1 unspecified atom stereocenters. The van der Waals surface area contributed by atoms with Crippen LogP contribution in [0.1, 0.15) is 44.1 Å². The van der Waals surface area contributed by atoms with Crippen molar-refractivity contribution in [3.63, 3.8) is 0 Å². The van der Waals surface area contributed by atoms with Gasteiger partial charge in [-0.15, -0.1) is 0 Å². The van der Waals surface area contributed by atoms with Crippen molar-refractivity contribution in [3.05, 3.63) is 29.8 Å². The Labute approximate surface area is 121 Å². The molecule has 1 aliphatic heterocycles. The van der Waals surface area contributed by atoms with Crippen molar-refractivity contribution in [2.75, 3.05) is 11.4 Å². The summed E-state index contributed by atoms with van der Waals surface area (Å²) in [5.41, 5.74) is 8.76. The molecule has 108 valence electrons. The minimum Gasteiger partial charge on any atom is -0.326 e. The molecule has 2 aliphatic rings. The van der Waals surface area contributed by atoms with Crippen molar-refractivity contribution in [1.82, 2.24) is 0 Å². The largest absolute Gasteiger partial charge is 0.326 e. The third-order valence-electron chi connectivity index (χ3n) is 4.82. The number of nitrogens with zero attached hydrogens (tertiary/aromatic N) is 1. The Balaban J connectivity index is 1.80. The molecule has 1 atom stereocenters. The zero-order valence-corrected chi connectivity index (χ0v) is 12.1. The standard InChI is InChI=1S/C17H24N2O/c18-15(13-6-1-2-7-13)12-19-16-10-4-3-8-14(16)9-5-11-17(19)20/h3-4,8,10,13,15H,1-2,5-7,9,11-12,18H2. The smallest absolute Gasteiger partial charge is 0.227 e. The average Bonchev–Trinajstić information content (AvgIpc) is 2.94. The summed E-state index contributed by atoms with van der Waals surface area (Å²) in [6.07, 6.45) is 7.63. The van der Waals surface area contributed by atoms with Crippen LogP contribution in [0.2, 0.25) is 0 Å². The lowest BCUT2D eigenvalue weighted by atomic mass is 9.98. The molecule has 0 aromatic heterocycles. The predicted octanol–water partition coefficient (Wildman–Crippen LogP) is 2.87. The van der Waals surface area contributed by atoms with Gasteiger partial charge < -0.3 is 10.6 Å². The fraction of sp³-hybridized carbons (Fsp3) is 0.588. The number of carbonyl (C=O) groups excluding carboxylic acids is 1. The van der Waals surface area contributed by atoms with Gasteiger partial charge in [0.25, 0.3) is 0 Å². The second kappa shape index (κ2) is 5.96. The Morgan fingerprint density at radius 1 is 1.15 bits per heavy atom. The molecule has 0 saturated heterocycles. The third-order valence-corrected chi connectivity index (χ3v) is 4.82. The van der Waals surface area contributed by atoms with Crippen molar-refractivity contribution in [3.8, 4) is 0 Å². The molecule has 3 rings (SSSR count). The molecule has 1 saturated carbocycles. The van der Waals surface area contributed by atoms with Crippen LogP contribution in [0, 0.1) is 5.92 Å². The van der Waals surface area contributed by atoms with Crippen LogP contribution in [-0.2, 0) is 11.2 Å². The molecule has 0 radical (unpaired) electrons. The number of hydrogen-bond donors (Lipinski definition) is 1. The highest BCUT2D eigenvalue weighted by Gasteiger charge is 2.28. The molecule has 20 heavy (non-hydrogen) atoms. The normalized spacial score (nSPS) is 21.6. The van der Waals surface area contributed by atoms with E-state index in [4.69, 9.17) is 5.73 Å². The van der Waals surface area contributed by atoms with Crippen molar-refractivity contribution >= 4 is 11.6 Å².